The molecule has 4 heterocycles. The Balaban J connectivity index is 1.55. The average Bonchev–Trinajstić information content (AvgIpc) is 3.19. The second-order valence-corrected chi connectivity index (χ2v) is 15.2. The maximum atomic E-state index is 13.0. The average molecular weight is 846 g/mol. The molecule has 0 radical (unpaired) electrons. The Kier molecular flexibility index (Phi) is 19.4. The number of hydrogen-bond donors (Lipinski definition) is 12. The molecular formula is C36H63NO21. The van der Waals surface area contributed by atoms with Crippen LogP contribution in [0.3, 0.4) is 0 Å². The fourth-order valence-corrected chi connectivity index (χ4v) is 7.50. The van der Waals surface area contributed by atoms with Crippen molar-refractivity contribution in [1.29, 1.82) is 0 Å². The van der Waals surface area contributed by atoms with Gasteiger partial charge >= 0.3 is 0 Å². The van der Waals surface area contributed by atoms with E-state index in [0.717, 1.165) is 39.0 Å². The second-order valence-electron chi connectivity index (χ2n) is 15.2. The fourth-order valence-electron chi connectivity index (χ4n) is 7.50. The van der Waals surface area contributed by atoms with Crippen molar-refractivity contribution >= 4 is 11.7 Å². The van der Waals surface area contributed by atoms with E-state index in [2.05, 4.69) is 12.2 Å². The van der Waals surface area contributed by atoms with Crippen molar-refractivity contribution in [1.82, 2.24) is 5.32 Å². The van der Waals surface area contributed by atoms with Crippen molar-refractivity contribution in [2.75, 3.05) is 33.0 Å². The van der Waals surface area contributed by atoms with Crippen LogP contribution in [0.4, 0.5) is 0 Å². The van der Waals surface area contributed by atoms with Crippen LogP contribution in [0.5, 0.6) is 0 Å². The van der Waals surface area contributed by atoms with E-state index in [1.807, 2.05) is 0 Å². The van der Waals surface area contributed by atoms with Crippen molar-refractivity contribution in [3.63, 3.8) is 0 Å². The smallest absolute Gasteiger partial charge is 0.217 e. The maximum Gasteiger partial charge on any atom is 0.217 e. The summed E-state index contributed by atoms with van der Waals surface area (Å²) >= 11 is 0. The molecule has 338 valence electrons. The van der Waals surface area contributed by atoms with Crippen LogP contribution < -0.4 is 5.32 Å². The topological polar surface area (TPSA) is 343 Å². The van der Waals surface area contributed by atoms with Gasteiger partial charge in [-0.15, -0.1) is 0 Å². The highest BCUT2D eigenvalue weighted by atomic mass is 16.8. The van der Waals surface area contributed by atoms with E-state index in [-0.39, 0.29) is 6.61 Å². The van der Waals surface area contributed by atoms with Crippen LogP contribution in [0.15, 0.2) is 0 Å². The molecule has 0 aromatic rings. The fraction of sp³-hybridized carbons (Fsp3) is 0.944. The molecule has 4 saturated heterocycles. The Morgan fingerprint density at radius 3 is 1.55 bits per heavy atom. The van der Waals surface area contributed by atoms with Crippen molar-refractivity contribution in [3.8, 4) is 0 Å². The summed E-state index contributed by atoms with van der Waals surface area (Å²) < 4.78 is 46.6. The van der Waals surface area contributed by atoms with Crippen molar-refractivity contribution in [2.24, 2.45) is 5.92 Å². The monoisotopic (exact) mass is 845 g/mol. The quantitative estimate of drug-likeness (QED) is 0.0509. The highest BCUT2D eigenvalue weighted by Crippen LogP contribution is 2.35. The van der Waals surface area contributed by atoms with Gasteiger partial charge in [-0.25, -0.2) is 0 Å². The summed E-state index contributed by atoms with van der Waals surface area (Å²) in [6, 6.07) is -1.27. The molecule has 58 heavy (non-hydrogen) atoms. The van der Waals surface area contributed by atoms with Gasteiger partial charge in [-0.1, -0.05) is 39.0 Å². The molecule has 0 spiro atoms. The molecule has 20 atom stereocenters. The number of Topliss-reactive ketones (excluding diaryl/α,β-unsaturated/α-hetero) is 1. The Labute approximate surface area is 335 Å². The van der Waals surface area contributed by atoms with Gasteiger partial charge in [-0.3, -0.25) is 9.59 Å². The molecule has 0 aromatic carbocycles. The molecule has 22 nitrogen and oxygen atoms in total. The van der Waals surface area contributed by atoms with E-state index in [1.54, 1.807) is 0 Å². The van der Waals surface area contributed by atoms with Gasteiger partial charge in [-0.2, -0.15) is 0 Å². The lowest BCUT2D eigenvalue weighted by Crippen LogP contribution is -2.68. The summed E-state index contributed by atoms with van der Waals surface area (Å²) in [6.45, 7) is 1.53. The highest BCUT2D eigenvalue weighted by Gasteiger charge is 2.55. The predicted molar refractivity (Wildman–Crippen MR) is 191 cm³/mol. The molecule has 0 saturated carbocycles. The van der Waals surface area contributed by atoms with Crippen molar-refractivity contribution < 1.29 is 104 Å². The van der Waals surface area contributed by atoms with Gasteiger partial charge in [0, 0.05) is 13.5 Å². The minimum Gasteiger partial charge on any atom is -0.394 e. The third kappa shape index (κ3) is 11.8. The van der Waals surface area contributed by atoms with E-state index in [9.17, 15) is 65.8 Å². The summed E-state index contributed by atoms with van der Waals surface area (Å²) in [7, 11) is 0. The first kappa shape index (κ1) is 49.0. The van der Waals surface area contributed by atoms with Crippen LogP contribution in [0.2, 0.25) is 0 Å². The number of aliphatic hydroxyl groups excluding tert-OH is 11. The predicted octanol–water partition coefficient (Wildman–Crippen LogP) is -5.38. The number of nitrogens with one attached hydrogen (secondary N) is 1. The lowest BCUT2D eigenvalue weighted by molar-refractivity contribution is -0.360. The van der Waals surface area contributed by atoms with Crippen LogP contribution in [-0.2, 0) is 47.5 Å². The van der Waals surface area contributed by atoms with E-state index < -0.39 is 161 Å². The Morgan fingerprint density at radius 1 is 0.534 bits per heavy atom. The van der Waals surface area contributed by atoms with Crippen LogP contribution in [0, 0.1) is 5.92 Å². The molecule has 0 bridgehead atoms. The normalized spacial score (nSPS) is 43.6. The van der Waals surface area contributed by atoms with Gasteiger partial charge in [0.1, 0.15) is 91.2 Å². The summed E-state index contributed by atoms with van der Waals surface area (Å²) in [5, 5.41) is 118. The third-order valence-corrected chi connectivity index (χ3v) is 10.9. The maximum absolute atomic E-state index is 13.0. The van der Waals surface area contributed by atoms with E-state index in [4.69, 9.17) is 37.9 Å². The first-order valence-electron chi connectivity index (χ1n) is 19.8. The zero-order chi connectivity index (χ0) is 42.8. The van der Waals surface area contributed by atoms with Gasteiger partial charge < -0.3 is 99.4 Å². The Hall–Kier alpha value is -1.62. The highest BCUT2D eigenvalue weighted by molar-refractivity contribution is 5.79. The van der Waals surface area contributed by atoms with Crippen LogP contribution in [0.25, 0.3) is 0 Å². The van der Waals surface area contributed by atoms with Crippen LogP contribution in [-0.4, -0.2) is 218 Å². The molecule has 12 N–H and O–H groups in total. The van der Waals surface area contributed by atoms with Gasteiger partial charge in [0.05, 0.1) is 38.4 Å². The molecule has 4 fully saturated rings. The lowest BCUT2D eigenvalue weighted by atomic mass is 9.87. The largest absolute Gasteiger partial charge is 0.394 e. The first-order valence-corrected chi connectivity index (χ1v) is 19.8. The molecule has 0 aromatic heterocycles. The number of rotatable bonds is 20. The number of unbranched alkanes of at least 4 members (excludes halogenated alkanes) is 5. The van der Waals surface area contributed by atoms with Crippen molar-refractivity contribution in [3.05, 3.63) is 0 Å². The number of ketones is 1. The number of aliphatic hydroxyl groups is 11. The molecule has 4 aliphatic rings. The first-order chi connectivity index (χ1) is 27.6. The van der Waals surface area contributed by atoms with Gasteiger partial charge in [-0.05, 0) is 13.3 Å². The van der Waals surface area contributed by atoms with Gasteiger partial charge in [0.15, 0.2) is 25.2 Å². The van der Waals surface area contributed by atoms with Crippen LogP contribution in [0.1, 0.15) is 59.3 Å². The molecule has 4 rings (SSSR count). The van der Waals surface area contributed by atoms with Gasteiger partial charge in [0.25, 0.3) is 0 Å². The molecule has 1 amide bonds. The molecule has 0 aliphatic carbocycles. The molecule has 4 aliphatic heterocycles. The minimum atomic E-state index is -1.88. The molecule has 0 unspecified atom stereocenters. The zero-order valence-corrected chi connectivity index (χ0v) is 32.8. The number of hydrogen-bond acceptors (Lipinski definition) is 21. The second kappa shape index (κ2) is 23.0. The summed E-state index contributed by atoms with van der Waals surface area (Å²) in [5.74, 6) is -2.81. The zero-order valence-electron chi connectivity index (χ0n) is 32.8. The number of ether oxygens (including phenoxy) is 8. The van der Waals surface area contributed by atoms with Gasteiger partial charge in [0.2, 0.25) is 5.91 Å². The van der Waals surface area contributed by atoms with E-state index in [0.29, 0.717) is 6.42 Å². The minimum absolute atomic E-state index is 0.141. The molecule has 22 heteroatoms. The summed E-state index contributed by atoms with van der Waals surface area (Å²) in [5.41, 5.74) is 0. The van der Waals surface area contributed by atoms with E-state index >= 15 is 0 Å². The number of carbonyl (C=O) groups excluding carboxylic acids is 2. The standard InChI is InChI=1S/C36H63NO21/c1-4-5-6-7-8-9-10-51-34-22(37-16(3)42)32(58-36-30(50)28(48)24(44)18(12-39)54-36)25(45)20(56-34)14-52-33-21(15(2)41)26(46)31(19(13-40)55-33)57-35-29(49)27(47)23(43)17(11-38)53-35/h17-36,38-40,43-50H,4-14H2,1-3H3,(H,37,42)/t17-,18-,19-,20-,21-,22-,23+,24+,25+,26-,27+,28+,29-,30-,31-,32-,33-,34+,35+,36+/m1/s1. The number of amides is 1. The SMILES string of the molecule is CCCCCCCCO[C@H]1O[C@H](CO[C@@H]2O[C@H](CO)[C@@H](O[C@@H]3O[C@H](CO)[C@H](O)[C@H](O)[C@H]3O)[C@H](O)[C@H]2C(C)=O)[C@H](O)[C@H](O[C@@H]2O[C@H](CO)[C@H](O)[C@H](O)[C@H]2O)[C@H]1NC(C)=O. The molecular weight excluding hydrogens is 782 g/mol. The Bertz CT molecular complexity index is 1250. The van der Waals surface area contributed by atoms with E-state index in [1.165, 1.54) is 6.92 Å². The van der Waals surface area contributed by atoms with Crippen LogP contribution >= 0.6 is 0 Å². The Morgan fingerprint density at radius 2 is 1.03 bits per heavy atom. The summed E-state index contributed by atoms with van der Waals surface area (Å²) in [6.07, 6.45) is -24.1. The third-order valence-electron chi connectivity index (χ3n) is 10.9. The number of carbonyl (C=O) groups is 2. The van der Waals surface area contributed by atoms with Crippen molar-refractivity contribution in [2.45, 2.75) is 176 Å². The summed E-state index contributed by atoms with van der Waals surface area (Å²) in [4.78, 5) is 25.4. The lowest BCUT2D eigenvalue weighted by Gasteiger charge is -2.48.